The lowest BCUT2D eigenvalue weighted by Gasteiger charge is -2.22. The molecule has 0 spiro atoms. The fourth-order valence-electron chi connectivity index (χ4n) is 2.28. The van der Waals surface area contributed by atoms with Gasteiger partial charge in [-0.3, -0.25) is 4.79 Å². The molecule has 5 nitrogen and oxygen atoms in total. The monoisotopic (exact) mass is 414 g/mol. The Bertz CT molecular complexity index is 868. The number of nitrogens with one attached hydrogen (secondary N) is 2. The number of halogens is 2. The number of hydrogen-bond acceptors (Lipinski definition) is 3. The molecule has 140 valence electrons. The van der Waals surface area contributed by atoms with Gasteiger partial charge in [0.25, 0.3) is 0 Å². The zero-order valence-electron chi connectivity index (χ0n) is 14.4. The molecule has 1 amide bonds. The van der Waals surface area contributed by atoms with Gasteiger partial charge < -0.3 is 5.32 Å². The molecule has 2 rings (SSSR count). The highest BCUT2D eigenvalue weighted by Gasteiger charge is 2.28. The van der Waals surface area contributed by atoms with Crippen LogP contribution in [-0.2, 0) is 21.4 Å². The number of benzene rings is 2. The van der Waals surface area contributed by atoms with Gasteiger partial charge in [-0.25, -0.2) is 8.42 Å². The fourth-order valence-corrected chi connectivity index (χ4v) is 3.95. The van der Waals surface area contributed by atoms with Crippen LogP contribution in [0, 0.1) is 5.92 Å². The van der Waals surface area contributed by atoms with Crippen molar-refractivity contribution >= 4 is 39.1 Å². The Labute approximate surface area is 163 Å². The van der Waals surface area contributed by atoms with E-state index in [9.17, 15) is 13.2 Å². The molecule has 0 aliphatic carbocycles. The minimum absolute atomic E-state index is 0.0476. The minimum Gasteiger partial charge on any atom is -0.351 e. The summed E-state index contributed by atoms with van der Waals surface area (Å²) in [5.74, 6) is -0.666. The van der Waals surface area contributed by atoms with Crippen molar-refractivity contribution in [1.82, 2.24) is 10.0 Å². The van der Waals surface area contributed by atoms with Gasteiger partial charge in [-0.15, -0.1) is 0 Å². The van der Waals surface area contributed by atoms with Crippen LogP contribution < -0.4 is 10.0 Å². The van der Waals surface area contributed by atoms with Crippen molar-refractivity contribution in [1.29, 1.82) is 0 Å². The van der Waals surface area contributed by atoms with Gasteiger partial charge >= 0.3 is 0 Å². The first-order chi connectivity index (χ1) is 12.2. The van der Waals surface area contributed by atoms with E-state index >= 15 is 0 Å². The third kappa shape index (κ3) is 5.45. The predicted molar refractivity (Wildman–Crippen MR) is 104 cm³/mol. The summed E-state index contributed by atoms with van der Waals surface area (Å²) in [6, 6.07) is 12.0. The summed E-state index contributed by atoms with van der Waals surface area (Å²) in [7, 11) is -3.85. The van der Waals surface area contributed by atoms with Crippen molar-refractivity contribution < 1.29 is 13.2 Å². The average Bonchev–Trinajstić information content (AvgIpc) is 2.59. The molecule has 26 heavy (non-hydrogen) atoms. The maximum absolute atomic E-state index is 12.5. The van der Waals surface area contributed by atoms with E-state index in [1.807, 2.05) is 6.07 Å². The molecule has 0 saturated carbocycles. The lowest BCUT2D eigenvalue weighted by atomic mass is 10.0. The SMILES string of the molecule is CC(C)[C@H](NS(=O)(=O)c1ccc(Cl)cc1)C(=O)NCc1ccccc1Cl. The molecule has 0 bridgehead atoms. The maximum Gasteiger partial charge on any atom is 0.241 e. The van der Waals surface area contributed by atoms with Gasteiger partial charge in [-0.05, 0) is 41.8 Å². The lowest BCUT2D eigenvalue weighted by molar-refractivity contribution is -0.123. The second-order valence-electron chi connectivity index (χ2n) is 6.11. The van der Waals surface area contributed by atoms with E-state index in [0.29, 0.717) is 10.0 Å². The first-order valence-corrected chi connectivity index (χ1v) is 10.2. The van der Waals surface area contributed by atoms with Crippen molar-refractivity contribution in [3.05, 3.63) is 64.1 Å². The van der Waals surface area contributed by atoms with Crippen LogP contribution in [0.3, 0.4) is 0 Å². The van der Waals surface area contributed by atoms with E-state index in [-0.39, 0.29) is 17.4 Å². The van der Waals surface area contributed by atoms with Crippen LogP contribution in [0.4, 0.5) is 0 Å². The first kappa shape index (κ1) is 20.7. The van der Waals surface area contributed by atoms with E-state index in [0.717, 1.165) is 5.56 Å². The highest BCUT2D eigenvalue weighted by atomic mass is 35.5. The molecule has 2 aromatic carbocycles. The number of sulfonamides is 1. The fraction of sp³-hybridized carbons (Fsp3) is 0.278. The summed E-state index contributed by atoms with van der Waals surface area (Å²) in [5, 5.41) is 3.70. The summed E-state index contributed by atoms with van der Waals surface area (Å²) >= 11 is 11.9. The number of rotatable bonds is 7. The zero-order valence-corrected chi connectivity index (χ0v) is 16.7. The Morgan fingerprint density at radius 1 is 1.04 bits per heavy atom. The maximum atomic E-state index is 12.5. The van der Waals surface area contributed by atoms with Gasteiger partial charge in [0, 0.05) is 16.6 Å². The highest BCUT2D eigenvalue weighted by molar-refractivity contribution is 7.89. The minimum atomic E-state index is -3.85. The Hall–Kier alpha value is -1.60. The molecular weight excluding hydrogens is 395 g/mol. The molecule has 0 saturated heterocycles. The molecule has 0 aromatic heterocycles. The molecule has 0 unspecified atom stereocenters. The molecule has 0 aliphatic rings. The Morgan fingerprint density at radius 3 is 2.23 bits per heavy atom. The summed E-state index contributed by atoms with van der Waals surface area (Å²) in [6.07, 6.45) is 0. The highest BCUT2D eigenvalue weighted by Crippen LogP contribution is 2.17. The second-order valence-corrected chi connectivity index (χ2v) is 8.66. The van der Waals surface area contributed by atoms with E-state index in [4.69, 9.17) is 23.2 Å². The van der Waals surface area contributed by atoms with Crippen LogP contribution in [0.2, 0.25) is 10.0 Å². The molecule has 2 N–H and O–H groups in total. The molecule has 0 fully saturated rings. The first-order valence-electron chi connectivity index (χ1n) is 7.99. The van der Waals surface area contributed by atoms with Gasteiger partial charge in [0.1, 0.15) is 6.04 Å². The normalized spacial score (nSPS) is 12.8. The number of amides is 1. The Kier molecular flexibility index (Phi) is 7.06. The quantitative estimate of drug-likeness (QED) is 0.726. The second kappa shape index (κ2) is 8.86. The molecule has 8 heteroatoms. The van der Waals surface area contributed by atoms with Crippen LogP contribution in [0.5, 0.6) is 0 Å². The molecule has 0 aliphatic heterocycles. The van der Waals surface area contributed by atoms with Crippen molar-refractivity contribution in [2.24, 2.45) is 5.92 Å². The molecule has 0 radical (unpaired) electrons. The van der Waals surface area contributed by atoms with Crippen LogP contribution in [-0.4, -0.2) is 20.4 Å². The van der Waals surface area contributed by atoms with Gasteiger partial charge in [-0.1, -0.05) is 55.2 Å². The summed E-state index contributed by atoms with van der Waals surface area (Å²) < 4.78 is 27.5. The van der Waals surface area contributed by atoms with Gasteiger partial charge in [0.15, 0.2) is 0 Å². The standard InChI is InChI=1S/C18H20Cl2N2O3S/c1-12(2)17(18(23)21-11-13-5-3-4-6-16(13)20)22-26(24,25)15-9-7-14(19)8-10-15/h3-10,12,17,22H,11H2,1-2H3,(H,21,23)/t17-/m0/s1. The largest absolute Gasteiger partial charge is 0.351 e. The van der Waals surface area contributed by atoms with Gasteiger partial charge in [0.05, 0.1) is 4.90 Å². The third-order valence-electron chi connectivity index (χ3n) is 3.77. The van der Waals surface area contributed by atoms with Crippen LogP contribution in [0.1, 0.15) is 19.4 Å². The van der Waals surface area contributed by atoms with Gasteiger partial charge in [-0.2, -0.15) is 4.72 Å². The van der Waals surface area contributed by atoms with Crippen LogP contribution in [0.15, 0.2) is 53.4 Å². The lowest BCUT2D eigenvalue weighted by Crippen LogP contribution is -2.49. The van der Waals surface area contributed by atoms with Crippen molar-refractivity contribution in [3.8, 4) is 0 Å². The molecular formula is C18H20Cl2N2O3S. The Balaban J connectivity index is 2.11. The van der Waals surface area contributed by atoms with Crippen LogP contribution >= 0.6 is 23.2 Å². The van der Waals surface area contributed by atoms with Crippen molar-refractivity contribution in [2.45, 2.75) is 31.3 Å². The molecule has 2 aromatic rings. The molecule has 1 atom stereocenters. The smallest absolute Gasteiger partial charge is 0.241 e. The number of carbonyl (C=O) groups is 1. The third-order valence-corrected chi connectivity index (χ3v) is 5.84. The van der Waals surface area contributed by atoms with Crippen molar-refractivity contribution in [2.75, 3.05) is 0 Å². The van der Waals surface area contributed by atoms with E-state index in [1.54, 1.807) is 32.0 Å². The van der Waals surface area contributed by atoms with Gasteiger partial charge in [0.2, 0.25) is 15.9 Å². The average molecular weight is 415 g/mol. The summed E-state index contributed by atoms with van der Waals surface area (Å²) in [6.45, 7) is 3.75. The topological polar surface area (TPSA) is 75.3 Å². The summed E-state index contributed by atoms with van der Waals surface area (Å²) in [4.78, 5) is 12.6. The van der Waals surface area contributed by atoms with E-state index < -0.39 is 22.0 Å². The van der Waals surface area contributed by atoms with E-state index in [1.165, 1.54) is 24.3 Å². The zero-order chi connectivity index (χ0) is 19.3. The number of hydrogen-bond donors (Lipinski definition) is 2. The van der Waals surface area contributed by atoms with E-state index in [2.05, 4.69) is 10.0 Å². The number of carbonyl (C=O) groups excluding carboxylic acids is 1. The predicted octanol–water partition coefficient (Wildman–Crippen LogP) is 3.61. The Morgan fingerprint density at radius 2 is 1.65 bits per heavy atom. The molecule has 0 heterocycles. The van der Waals surface area contributed by atoms with Crippen molar-refractivity contribution in [3.63, 3.8) is 0 Å². The van der Waals surface area contributed by atoms with Crippen LogP contribution in [0.25, 0.3) is 0 Å². The summed E-state index contributed by atoms with van der Waals surface area (Å²) in [5.41, 5.74) is 0.755.